The summed E-state index contributed by atoms with van der Waals surface area (Å²) in [5.41, 5.74) is 8.95. The molecule has 0 bridgehead atoms. The Labute approximate surface area is 222 Å². The van der Waals surface area contributed by atoms with E-state index in [1.165, 1.54) is 0 Å². The maximum Gasteiger partial charge on any atom is 0.260 e. The molecular weight excluding hydrogens is 530 g/mol. The van der Waals surface area contributed by atoms with E-state index in [9.17, 15) is 21.6 Å². The normalized spacial score (nSPS) is 15.4. The number of amides is 1. The highest BCUT2D eigenvalue weighted by Gasteiger charge is 2.30. The Hall–Kier alpha value is -3.29. The third-order valence-corrected chi connectivity index (χ3v) is 11.1. The van der Waals surface area contributed by atoms with Gasteiger partial charge in [-0.1, -0.05) is 0 Å². The van der Waals surface area contributed by atoms with Gasteiger partial charge in [0.05, 0.1) is 0 Å². The number of nitrogens with zero attached hydrogens (tertiary/aromatic N) is 2. The first-order valence-corrected chi connectivity index (χ1v) is 15.7. The Kier molecular flexibility index (Phi) is 8.19. The van der Waals surface area contributed by atoms with Crippen molar-refractivity contribution in [1.82, 2.24) is 9.88 Å². The van der Waals surface area contributed by atoms with Crippen molar-refractivity contribution in [2.24, 2.45) is 5.73 Å². The summed E-state index contributed by atoms with van der Waals surface area (Å²) in [5, 5.41) is 1.04. The first-order valence-electron chi connectivity index (χ1n) is 12.2. The van der Waals surface area contributed by atoms with Crippen LogP contribution in [0.3, 0.4) is 0 Å². The average molecular weight is 564 g/mol. The van der Waals surface area contributed by atoms with E-state index >= 15 is 0 Å². The Morgan fingerprint density at radius 3 is 2.39 bits per heavy atom. The van der Waals surface area contributed by atoms with Crippen LogP contribution >= 0.6 is 0 Å². The quantitative estimate of drug-likeness (QED) is 0.335. The molecule has 2 heterocycles. The highest BCUT2D eigenvalue weighted by molar-refractivity contribution is 8.09. The Morgan fingerprint density at radius 1 is 1.08 bits per heavy atom. The van der Waals surface area contributed by atoms with Gasteiger partial charge in [0.15, 0.2) is 21.0 Å². The van der Waals surface area contributed by atoms with Crippen LogP contribution < -0.4 is 20.1 Å². The van der Waals surface area contributed by atoms with E-state index in [2.05, 4.69) is 14.6 Å². The van der Waals surface area contributed by atoms with Crippen molar-refractivity contribution in [3.8, 4) is 5.75 Å². The molecule has 1 fully saturated rings. The number of rotatable bonds is 10. The number of benzene rings is 2. The van der Waals surface area contributed by atoms with E-state index in [1.54, 1.807) is 29.2 Å². The molecule has 0 spiro atoms. The van der Waals surface area contributed by atoms with Crippen LogP contribution in [-0.2, 0) is 31.1 Å². The number of H-pyrrole nitrogens is 1. The molecule has 3 aromatic rings. The highest BCUT2D eigenvalue weighted by atomic mass is 32.3. The van der Waals surface area contributed by atoms with Gasteiger partial charge in [-0.25, -0.2) is 16.8 Å². The monoisotopic (exact) mass is 563 g/mol. The Morgan fingerprint density at radius 2 is 1.76 bits per heavy atom. The van der Waals surface area contributed by atoms with Crippen LogP contribution in [0.15, 0.2) is 48.7 Å². The fraction of sp³-hybridized carbons (Fsp3) is 0.400. The predicted octanol–water partition coefficient (Wildman–Crippen LogP) is 1.53. The number of carbonyl (C=O) groups excluding carboxylic acids is 1. The fourth-order valence-electron chi connectivity index (χ4n) is 4.28. The van der Waals surface area contributed by atoms with Crippen molar-refractivity contribution in [3.05, 3.63) is 54.2 Å². The van der Waals surface area contributed by atoms with E-state index in [0.29, 0.717) is 38.5 Å². The number of anilines is 2. The number of aromatic nitrogens is 1. The van der Waals surface area contributed by atoms with Gasteiger partial charge in [-0.15, -0.1) is 0 Å². The molecule has 11 nitrogen and oxygen atoms in total. The lowest BCUT2D eigenvalue weighted by Gasteiger charge is -2.36. The number of hydrogen-bond acceptors (Lipinski definition) is 8. The van der Waals surface area contributed by atoms with Crippen LogP contribution in [0.4, 0.5) is 11.4 Å². The first-order chi connectivity index (χ1) is 18.0. The van der Waals surface area contributed by atoms with Crippen LogP contribution in [0.25, 0.3) is 10.9 Å². The van der Waals surface area contributed by atoms with E-state index in [1.807, 2.05) is 24.4 Å². The van der Waals surface area contributed by atoms with Gasteiger partial charge in [0, 0.05) is 60.9 Å². The van der Waals surface area contributed by atoms with Crippen molar-refractivity contribution in [1.29, 1.82) is 0 Å². The zero-order valence-corrected chi connectivity index (χ0v) is 23.0. The largest absolute Gasteiger partial charge is 0.484 e. The maximum absolute atomic E-state index is 12.8. The van der Waals surface area contributed by atoms with E-state index in [0.717, 1.165) is 41.8 Å². The molecule has 0 radical (unpaired) electrons. The van der Waals surface area contributed by atoms with Crippen molar-refractivity contribution in [2.75, 3.05) is 55.2 Å². The van der Waals surface area contributed by atoms with Crippen molar-refractivity contribution in [2.45, 2.75) is 17.9 Å². The van der Waals surface area contributed by atoms with E-state index in [-0.39, 0.29) is 18.2 Å². The molecule has 2 aromatic carbocycles. The van der Waals surface area contributed by atoms with Gasteiger partial charge in [0.25, 0.3) is 5.91 Å². The molecular formula is C25H33N5O6S2. The minimum Gasteiger partial charge on any atom is -0.484 e. The Bertz CT molecular complexity index is 1490. The molecule has 4 N–H and O–H groups in total. The van der Waals surface area contributed by atoms with Gasteiger partial charge in [-0.2, -0.15) is 0 Å². The molecule has 1 aliphatic heterocycles. The maximum atomic E-state index is 12.8. The van der Waals surface area contributed by atoms with Gasteiger partial charge in [-0.3, -0.25) is 9.52 Å². The molecule has 206 valence electrons. The molecule has 1 amide bonds. The summed E-state index contributed by atoms with van der Waals surface area (Å²) in [7, 11) is -7.83. The summed E-state index contributed by atoms with van der Waals surface area (Å²) < 4.78 is 54.4. The molecule has 1 aromatic heterocycles. The summed E-state index contributed by atoms with van der Waals surface area (Å²) in [6, 6.07) is 12.4. The topological polar surface area (TPSA) is 155 Å². The standard InChI is InChI=1S/C25H33N5O6S2/c1-18(37(2,32)33)38(34,35)28-20-3-5-21(6-4-20)29-11-13-30(14-12-29)25(31)17-36-22-7-8-24-23(15-22)19(9-10-26)16-27-24/h3-8,15-16,18,27-28H,9-14,17,26H2,1-2H3. The van der Waals surface area contributed by atoms with Crippen LogP contribution in [0, 0.1) is 0 Å². The molecule has 1 atom stereocenters. The van der Waals surface area contributed by atoms with Crippen molar-refractivity contribution in [3.63, 3.8) is 0 Å². The molecule has 1 unspecified atom stereocenters. The molecule has 38 heavy (non-hydrogen) atoms. The number of carbonyl (C=O) groups is 1. The van der Waals surface area contributed by atoms with Crippen LogP contribution in [0.2, 0.25) is 0 Å². The van der Waals surface area contributed by atoms with E-state index < -0.39 is 24.4 Å². The number of ether oxygens (including phenoxy) is 1. The lowest BCUT2D eigenvalue weighted by Crippen LogP contribution is -2.50. The van der Waals surface area contributed by atoms with Crippen LogP contribution in [0.1, 0.15) is 12.5 Å². The van der Waals surface area contributed by atoms with Crippen molar-refractivity contribution < 1.29 is 26.4 Å². The third-order valence-electron chi connectivity index (χ3n) is 6.68. The number of nitrogens with two attached hydrogens (primary N) is 1. The van der Waals surface area contributed by atoms with Crippen molar-refractivity contribution >= 4 is 48.0 Å². The molecule has 0 aliphatic carbocycles. The third kappa shape index (κ3) is 6.40. The molecule has 13 heteroatoms. The van der Waals surface area contributed by atoms with E-state index in [4.69, 9.17) is 10.5 Å². The molecule has 4 rings (SSSR count). The summed E-state index contributed by atoms with van der Waals surface area (Å²) in [4.78, 5) is 19.8. The predicted molar refractivity (Wildman–Crippen MR) is 149 cm³/mol. The lowest BCUT2D eigenvalue weighted by atomic mass is 10.1. The summed E-state index contributed by atoms with van der Waals surface area (Å²) >= 11 is 0. The number of sulfonamides is 1. The zero-order valence-electron chi connectivity index (χ0n) is 21.4. The van der Waals surface area contributed by atoms with Crippen LogP contribution in [0.5, 0.6) is 5.75 Å². The number of nitrogens with one attached hydrogen (secondary N) is 2. The fourth-order valence-corrected chi connectivity index (χ4v) is 6.89. The lowest BCUT2D eigenvalue weighted by molar-refractivity contribution is -0.133. The second-order valence-electron chi connectivity index (χ2n) is 9.31. The van der Waals surface area contributed by atoms with Gasteiger partial charge < -0.3 is 25.3 Å². The number of fused-ring (bicyclic) bond motifs is 1. The first kappa shape index (κ1) is 27.7. The summed E-state index contributed by atoms with van der Waals surface area (Å²) in [5.74, 6) is 0.537. The number of aromatic amines is 1. The van der Waals surface area contributed by atoms with Gasteiger partial charge in [0.2, 0.25) is 10.0 Å². The molecule has 0 saturated carbocycles. The minimum atomic E-state index is -4.08. The van der Waals surface area contributed by atoms with Gasteiger partial charge in [0.1, 0.15) is 5.75 Å². The molecule has 1 saturated heterocycles. The van der Waals surface area contributed by atoms with Gasteiger partial charge in [-0.05, 0) is 67.9 Å². The number of sulfone groups is 1. The second kappa shape index (κ2) is 11.2. The number of piperazine rings is 1. The second-order valence-corrected chi connectivity index (χ2v) is 14.0. The summed E-state index contributed by atoms with van der Waals surface area (Å²) in [6.45, 7) is 3.91. The Balaban J connectivity index is 1.29. The highest BCUT2D eigenvalue weighted by Crippen LogP contribution is 2.25. The zero-order chi connectivity index (χ0) is 27.5. The van der Waals surface area contributed by atoms with Gasteiger partial charge >= 0.3 is 0 Å². The average Bonchev–Trinajstić information content (AvgIpc) is 3.29. The molecule has 1 aliphatic rings. The SMILES string of the molecule is CC(S(C)(=O)=O)S(=O)(=O)Nc1ccc(N2CCN(C(=O)COc3ccc4[nH]cc(CCN)c4c3)CC2)cc1. The minimum absolute atomic E-state index is 0.0527. The number of hydrogen-bond donors (Lipinski definition) is 3. The smallest absolute Gasteiger partial charge is 0.260 e. The summed E-state index contributed by atoms with van der Waals surface area (Å²) in [6.07, 6.45) is 3.59. The van der Waals surface area contributed by atoms with Crippen LogP contribution in [-0.4, -0.2) is 82.8 Å².